The molecule has 0 aromatic heterocycles. The first-order valence-corrected chi connectivity index (χ1v) is 6.85. The molecule has 0 saturated heterocycles. The molecular weight excluding hydrogens is 333 g/mol. The van der Waals surface area contributed by atoms with Gasteiger partial charge in [-0.1, -0.05) is 34.1 Å². The quantitative estimate of drug-likeness (QED) is 0.724. The van der Waals surface area contributed by atoms with E-state index < -0.39 is 22.3 Å². The molecule has 2 aromatic rings. The lowest BCUT2D eigenvalue weighted by Crippen LogP contribution is -2.04. The van der Waals surface area contributed by atoms with E-state index in [9.17, 15) is 13.2 Å². The Bertz CT molecular complexity index is 593. The van der Waals surface area contributed by atoms with Crippen molar-refractivity contribution < 1.29 is 17.9 Å². The van der Waals surface area contributed by atoms with Crippen LogP contribution in [0.15, 0.2) is 36.4 Å². The van der Waals surface area contributed by atoms with Crippen LogP contribution in [0.4, 0.5) is 13.2 Å². The zero-order chi connectivity index (χ0) is 14.7. The zero-order valence-electron chi connectivity index (χ0n) is 10.7. The molecule has 0 N–H and O–H groups in total. The minimum atomic E-state index is -0.930. The third-order valence-corrected chi connectivity index (χ3v) is 3.73. The van der Waals surface area contributed by atoms with Gasteiger partial charge in [-0.05, 0) is 18.1 Å². The van der Waals surface area contributed by atoms with E-state index in [-0.39, 0.29) is 5.56 Å². The maximum absolute atomic E-state index is 13.7. The first kappa shape index (κ1) is 14.9. The summed E-state index contributed by atoms with van der Waals surface area (Å²) in [6, 6.07) is 8.56. The van der Waals surface area contributed by atoms with Gasteiger partial charge < -0.3 is 4.74 Å². The van der Waals surface area contributed by atoms with Crippen LogP contribution in [0.1, 0.15) is 16.0 Å². The lowest BCUT2D eigenvalue weighted by atomic mass is 10.0. The molecule has 2 aromatic carbocycles. The molecule has 0 radical (unpaired) electrons. The van der Waals surface area contributed by atoms with Gasteiger partial charge in [-0.25, -0.2) is 13.2 Å². The van der Waals surface area contributed by atoms with E-state index in [0.717, 1.165) is 5.56 Å². The summed E-state index contributed by atoms with van der Waals surface area (Å²) in [5.74, 6) is -2.10. The first-order chi connectivity index (χ1) is 9.52. The van der Waals surface area contributed by atoms with E-state index in [4.69, 9.17) is 4.74 Å². The Morgan fingerprint density at radius 2 is 1.70 bits per heavy atom. The number of para-hydroxylation sites is 1. The normalized spacial score (nSPS) is 12.2. The summed E-state index contributed by atoms with van der Waals surface area (Å²) in [5.41, 5.74) is 0.623. The van der Waals surface area contributed by atoms with E-state index in [0.29, 0.717) is 24.3 Å². The first-order valence-electron chi connectivity index (χ1n) is 5.93. The van der Waals surface area contributed by atoms with Gasteiger partial charge in [0.05, 0.1) is 7.11 Å². The topological polar surface area (TPSA) is 9.23 Å². The maximum atomic E-state index is 13.7. The summed E-state index contributed by atoms with van der Waals surface area (Å²) in [6.45, 7) is 0. The van der Waals surface area contributed by atoms with Crippen molar-refractivity contribution in [3.05, 3.63) is 65.0 Å². The van der Waals surface area contributed by atoms with Gasteiger partial charge >= 0.3 is 0 Å². The third kappa shape index (κ3) is 3.15. The van der Waals surface area contributed by atoms with E-state index in [1.165, 1.54) is 7.11 Å². The molecule has 0 saturated carbocycles. The Balaban J connectivity index is 2.31. The van der Waals surface area contributed by atoms with Gasteiger partial charge in [-0.2, -0.15) is 0 Å². The van der Waals surface area contributed by atoms with E-state index >= 15 is 0 Å². The van der Waals surface area contributed by atoms with Gasteiger partial charge in [-0.15, -0.1) is 0 Å². The SMILES string of the molecule is COc1ccccc1CC(Br)c1c(F)cc(F)cc1F. The number of alkyl halides is 1. The second-order valence-electron chi connectivity index (χ2n) is 4.27. The van der Waals surface area contributed by atoms with Crippen LogP contribution in [0.5, 0.6) is 5.75 Å². The summed E-state index contributed by atoms with van der Waals surface area (Å²) in [6.07, 6.45) is 0.323. The fourth-order valence-corrected chi connectivity index (χ4v) is 2.81. The Morgan fingerprint density at radius 3 is 2.30 bits per heavy atom. The molecule has 5 heteroatoms. The Morgan fingerprint density at radius 1 is 1.10 bits per heavy atom. The van der Waals surface area contributed by atoms with Gasteiger partial charge in [-0.3, -0.25) is 0 Å². The van der Waals surface area contributed by atoms with Gasteiger partial charge in [0.2, 0.25) is 0 Å². The van der Waals surface area contributed by atoms with Gasteiger partial charge in [0, 0.05) is 22.5 Å². The average Bonchev–Trinajstić information content (AvgIpc) is 2.38. The van der Waals surface area contributed by atoms with Gasteiger partial charge in [0.25, 0.3) is 0 Å². The number of rotatable bonds is 4. The van der Waals surface area contributed by atoms with Crippen molar-refractivity contribution in [1.82, 2.24) is 0 Å². The summed E-state index contributed by atoms with van der Waals surface area (Å²) < 4.78 is 45.5. The van der Waals surface area contributed by atoms with Crippen LogP contribution in [-0.2, 0) is 6.42 Å². The minimum absolute atomic E-state index is 0.183. The van der Waals surface area contributed by atoms with Crippen LogP contribution in [0.25, 0.3) is 0 Å². The standard InChI is InChI=1S/C15H12BrF3O/c1-20-14-5-3-2-4-9(14)6-11(16)15-12(18)7-10(17)8-13(15)19/h2-5,7-8,11H,6H2,1H3. The minimum Gasteiger partial charge on any atom is -0.496 e. The summed E-state index contributed by atoms with van der Waals surface area (Å²) in [5, 5.41) is 0. The molecular formula is C15H12BrF3O. The number of benzene rings is 2. The second kappa shape index (κ2) is 6.31. The zero-order valence-corrected chi connectivity index (χ0v) is 12.3. The molecule has 0 heterocycles. The van der Waals surface area contributed by atoms with Crippen LogP contribution in [0.2, 0.25) is 0 Å². The second-order valence-corrected chi connectivity index (χ2v) is 5.37. The maximum Gasteiger partial charge on any atom is 0.133 e. The van der Waals surface area contributed by atoms with Crippen molar-refractivity contribution in [2.45, 2.75) is 11.2 Å². The molecule has 1 nitrogen and oxygen atoms in total. The molecule has 106 valence electrons. The molecule has 0 bridgehead atoms. The molecule has 0 aliphatic heterocycles. The Kier molecular flexibility index (Phi) is 4.70. The summed E-state index contributed by atoms with van der Waals surface area (Å²) in [4.78, 5) is -0.612. The molecule has 2 rings (SSSR count). The molecule has 1 unspecified atom stereocenters. The van der Waals surface area contributed by atoms with Crippen molar-refractivity contribution in [3.8, 4) is 5.75 Å². The highest BCUT2D eigenvalue weighted by molar-refractivity contribution is 9.09. The summed E-state index contributed by atoms with van der Waals surface area (Å²) >= 11 is 3.25. The molecule has 0 aliphatic carbocycles. The van der Waals surface area contributed by atoms with Crippen molar-refractivity contribution in [2.75, 3.05) is 7.11 Å². The Hall–Kier alpha value is -1.49. The number of methoxy groups -OCH3 is 1. The van der Waals surface area contributed by atoms with Crippen molar-refractivity contribution in [1.29, 1.82) is 0 Å². The number of hydrogen-bond acceptors (Lipinski definition) is 1. The average molecular weight is 345 g/mol. The molecule has 0 amide bonds. The highest BCUT2D eigenvalue weighted by Gasteiger charge is 2.20. The molecule has 1 atom stereocenters. The predicted octanol–water partition coefficient (Wildman–Crippen LogP) is 4.79. The van der Waals surface area contributed by atoms with Crippen LogP contribution >= 0.6 is 15.9 Å². The molecule has 0 fully saturated rings. The van der Waals surface area contributed by atoms with Crippen LogP contribution in [-0.4, -0.2) is 7.11 Å². The number of hydrogen-bond donors (Lipinski definition) is 0. The summed E-state index contributed by atoms with van der Waals surface area (Å²) in [7, 11) is 1.53. The van der Waals surface area contributed by atoms with Gasteiger partial charge in [0.15, 0.2) is 0 Å². The largest absolute Gasteiger partial charge is 0.496 e. The smallest absolute Gasteiger partial charge is 0.133 e. The number of halogens is 4. The van der Waals surface area contributed by atoms with E-state index in [1.54, 1.807) is 6.07 Å². The predicted molar refractivity (Wildman–Crippen MR) is 74.7 cm³/mol. The van der Waals surface area contributed by atoms with Crippen LogP contribution in [0, 0.1) is 17.5 Å². The lowest BCUT2D eigenvalue weighted by Gasteiger charge is -2.14. The molecule has 0 aliphatic rings. The molecule has 0 spiro atoms. The monoisotopic (exact) mass is 344 g/mol. The number of ether oxygens (including phenoxy) is 1. The van der Waals surface area contributed by atoms with Gasteiger partial charge in [0.1, 0.15) is 23.2 Å². The highest BCUT2D eigenvalue weighted by atomic mass is 79.9. The fraction of sp³-hybridized carbons (Fsp3) is 0.200. The van der Waals surface area contributed by atoms with Crippen molar-refractivity contribution in [2.24, 2.45) is 0 Å². The van der Waals surface area contributed by atoms with Crippen molar-refractivity contribution in [3.63, 3.8) is 0 Å². The van der Waals surface area contributed by atoms with Crippen LogP contribution < -0.4 is 4.74 Å². The van der Waals surface area contributed by atoms with Crippen LogP contribution in [0.3, 0.4) is 0 Å². The highest BCUT2D eigenvalue weighted by Crippen LogP contribution is 2.34. The lowest BCUT2D eigenvalue weighted by molar-refractivity contribution is 0.409. The van der Waals surface area contributed by atoms with E-state index in [1.807, 2.05) is 18.2 Å². The fourth-order valence-electron chi connectivity index (χ4n) is 2.02. The Labute approximate surface area is 123 Å². The van der Waals surface area contributed by atoms with Crippen molar-refractivity contribution >= 4 is 15.9 Å². The molecule has 20 heavy (non-hydrogen) atoms. The third-order valence-electron chi connectivity index (χ3n) is 2.95. The van der Waals surface area contributed by atoms with E-state index in [2.05, 4.69) is 15.9 Å².